The topological polar surface area (TPSA) is 84.4 Å². The van der Waals surface area contributed by atoms with E-state index in [1.54, 1.807) is 19.2 Å². The fourth-order valence-corrected chi connectivity index (χ4v) is 4.19. The molecule has 0 bridgehead atoms. The highest BCUT2D eigenvalue weighted by Gasteiger charge is 2.19. The second-order valence-corrected chi connectivity index (χ2v) is 8.19. The zero-order valence-electron chi connectivity index (χ0n) is 15.3. The number of morpholine rings is 1. The molecule has 0 spiro atoms. The van der Waals surface area contributed by atoms with E-state index in [1.807, 2.05) is 26.0 Å². The summed E-state index contributed by atoms with van der Waals surface area (Å²) in [4.78, 5) is 11.1. The number of hydrogen-bond acceptors (Lipinski definition) is 6. The lowest BCUT2D eigenvalue weighted by atomic mass is 10.1. The van der Waals surface area contributed by atoms with E-state index in [2.05, 4.69) is 19.6 Å². The molecular formula is C18H24N4O3S. The number of aryl methyl sites for hydroxylation is 3. The summed E-state index contributed by atoms with van der Waals surface area (Å²) < 4.78 is 33.3. The first-order valence-electron chi connectivity index (χ1n) is 8.59. The summed E-state index contributed by atoms with van der Waals surface area (Å²) in [5, 5.41) is 0. The fourth-order valence-electron chi connectivity index (χ4n) is 2.90. The molecule has 1 aromatic carbocycles. The van der Waals surface area contributed by atoms with Gasteiger partial charge in [0.05, 0.1) is 24.7 Å². The van der Waals surface area contributed by atoms with E-state index in [9.17, 15) is 8.42 Å². The molecule has 1 aliphatic heterocycles. The van der Waals surface area contributed by atoms with Crippen molar-refractivity contribution in [2.45, 2.75) is 32.2 Å². The summed E-state index contributed by atoms with van der Waals surface area (Å²) in [5.41, 5.74) is 2.74. The van der Waals surface area contributed by atoms with E-state index < -0.39 is 10.0 Å². The van der Waals surface area contributed by atoms with Crippen LogP contribution in [-0.4, -0.2) is 44.7 Å². The Kier molecular flexibility index (Phi) is 5.55. The molecule has 1 aliphatic rings. The van der Waals surface area contributed by atoms with E-state index in [4.69, 9.17) is 4.74 Å². The van der Waals surface area contributed by atoms with Gasteiger partial charge in [0.15, 0.2) is 0 Å². The Morgan fingerprint density at radius 3 is 2.54 bits per heavy atom. The zero-order chi connectivity index (χ0) is 18.7. The molecule has 0 aliphatic carbocycles. The van der Waals surface area contributed by atoms with Crippen LogP contribution in [0.3, 0.4) is 0 Å². The van der Waals surface area contributed by atoms with E-state index in [-0.39, 0.29) is 6.54 Å². The monoisotopic (exact) mass is 376 g/mol. The minimum absolute atomic E-state index is 0.0485. The molecule has 1 aromatic heterocycles. The van der Waals surface area contributed by atoms with Crippen molar-refractivity contribution in [3.8, 4) is 0 Å². The summed E-state index contributed by atoms with van der Waals surface area (Å²) in [7, 11) is -3.63. The van der Waals surface area contributed by atoms with E-state index in [0.29, 0.717) is 23.9 Å². The van der Waals surface area contributed by atoms with Crippen LogP contribution in [0.5, 0.6) is 0 Å². The molecule has 26 heavy (non-hydrogen) atoms. The Bertz CT molecular complexity index is 893. The highest BCUT2D eigenvalue weighted by Crippen LogP contribution is 2.20. The molecule has 140 valence electrons. The van der Waals surface area contributed by atoms with Crippen LogP contribution in [0.25, 0.3) is 0 Å². The van der Waals surface area contributed by atoms with Gasteiger partial charge in [-0.3, -0.25) is 0 Å². The zero-order valence-corrected chi connectivity index (χ0v) is 16.1. The quantitative estimate of drug-likeness (QED) is 0.855. The third-order valence-corrected chi connectivity index (χ3v) is 6.07. The Hall–Kier alpha value is -2.03. The number of hydrogen-bond donors (Lipinski definition) is 1. The number of aromatic nitrogens is 2. The van der Waals surface area contributed by atoms with Crippen molar-refractivity contribution in [2.75, 3.05) is 31.2 Å². The lowest BCUT2D eigenvalue weighted by Gasteiger charge is -2.27. The predicted molar refractivity (Wildman–Crippen MR) is 99.7 cm³/mol. The first-order chi connectivity index (χ1) is 12.4. The number of anilines is 1. The van der Waals surface area contributed by atoms with Gasteiger partial charge in [0.2, 0.25) is 10.0 Å². The van der Waals surface area contributed by atoms with Gasteiger partial charge < -0.3 is 9.64 Å². The van der Waals surface area contributed by atoms with Crippen LogP contribution in [0.1, 0.15) is 22.5 Å². The van der Waals surface area contributed by atoms with Crippen LogP contribution in [0, 0.1) is 20.8 Å². The van der Waals surface area contributed by atoms with Crippen LogP contribution in [-0.2, 0) is 21.3 Å². The summed E-state index contributed by atoms with van der Waals surface area (Å²) in [5.74, 6) is 1.24. The van der Waals surface area contributed by atoms with Crippen molar-refractivity contribution in [1.29, 1.82) is 0 Å². The standard InChI is InChI=1S/C18H24N4O3S/c1-13-10-15(3)16(11-14(13)2)26(23,24)20-12-17-19-5-4-18(21-17)22-6-8-25-9-7-22/h4-5,10-11,20H,6-9,12H2,1-3H3. The number of ether oxygens (including phenoxy) is 1. The lowest BCUT2D eigenvalue weighted by molar-refractivity contribution is 0.122. The van der Waals surface area contributed by atoms with Gasteiger partial charge in [-0.25, -0.2) is 23.1 Å². The van der Waals surface area contributed by atoms with Gasteiger partial charge in [-0.05, 0) is 49.6 Å². The molecule has 1 saturated heterocycles. The number of benzene rings is 1. The normalized spacial score (nSPS) is 15.3. The van der Waals surface area contributed by atoms with Crippen molar-refractivity contribution in [3.63, 3.8) is 0 Å². The summed E-state index contributed by atoms with van der Waals surface area (Å²) in [6.07, 6.45) is 1.66. The van der Waals surface area contributed by atoms with Crippen LogP contribution in [0.15, 0.2) is 29.3 Å². The molecule has 7 nitrogen and oxygen atoms in total. The third-order valence-electron chi connectivity index (χ3n) is 4.53. The second-order valence-electron chi connectivity index (χ2n) is 6.46. The lowest BCUT2D eigenvalue weighted by Crippen LogP contribution is -2.37. The molecule has 2 aromatic rings. The molecule has 3 rings (SSSR count). The van der Waals surface area contributed by atoms with Gasteiger partial charge in [0.1, 0.15) is 11.6 Å². The summed E-state index contributed by atoms with van der Waals surface area (Å²) >= 11 is 0. The predicted octanol–water partition coefficient (Wildman–Crippen LogP) is 1.72. The molecule has 8 heteroatoms. The molecule has 1 fully saturated rings. The van der Waals surface area contributed by atoms with Crippen LogP contribution in [0.2, 0.25) is 0 Å². The van der Waals surface area contributed by atoms with Crippen molar-refractivity contribution in [3.05, 3.63) is 46.9 Å². The van der Waals surface area contributed by atoms with Crippen LogP contribution < -0.4 is 9.62 Å². The summed E-state index contributed by atoms with van der Waals surface area (Å²) in [6, 6.07) is 5.42. The van der Waals surface area contributed by atoms with E-state index in [1.165, 1.54) is 0 Å². The Morgan fingerprint density at radius 1 is 1.12 bits per heavy atom. The van der Waals surface area contributed by atoms with Gasteiger partial charge >= 0.3 is 0 Å². The Morgan fingerprint density at radius 2 is 1.81 bits per heavy atom. The molecule has 0 radical (unpaired) electrons. The minimum Gasteiger partial charge on any atom is -0.378 e. The van der Waals surface area contributed by atoms with Gasteiger partial charge in [-0.1, -0.05) is 6.07 Å². The number of rotatable bonds is 5. The largest absolute Gasteiger partial charge is 0.378 e. The van der Waals surface area contributed by atoms with Gasteiger partial charge in [0.25, 0.3) is 0 Å². The van der Waals surface area contributed by atoms with Gasteiger partial charge in [0, 0.05) is 19.3 Å². The summed E-state index contributed by atoms with van der Waals surface area (Å²) in [6.45, 7) is 8.59. The highest BCUT2D eigenvalue weighted by molar-refractivity contribution is 7.89. The Labute approximate surface area is 154 Å². The van der Waals surface area contributed by atoms with Crippen molar-refractivity contribution in [1.82, 2.24) is 14.7 Å². The van der Waals surface area contributed by atoms with Crippen LogP contribution >= 0.6 is 0 Å². The maximum absolute atomic E-state index is 12.7. The molecule has 0 saturated carbocycles. The maximum Gasteiger partial charge on any atom is 0.241 e. The molecule has 0 atom stereocenters. The van der Waals surface area contributed by atoms with Crippen molar-refractivity contribution < 1.29 is 13.2 Å². The average Bonchev–Trinajstić information content (AvgIpc) is 2.64. The van der Waals surface area contributed by atoms with Gasteiger partial charge in [-0.15, -0.1) is 0 Å². The average molecular weight is 376 g/mol. The molecule has 0 amide bonds. The second kappa shape index (κ2) is 7.69. The van der Waals surface area contributed by atoms with Crippen LogP contribution in [0.4, 0.5) is 5.82 Å². The van der Waals surface area contributed by atoms with E-state index in [0.717, 1.165) is 35.6 Å². The molecule has 0 unspecified atom stereocenters. The van der Waals surface area contributed by atoms with Gasteiger partial charge in [-0.2, -0.15) is 0 Å². The van der Waals surface area contributed by atoms with Crippen molar-refractivity contribution >= 4 is 15.8 Å². The third kappa shape index (κ3) is 4.20. The number of nitrogens with zero attached hydrogens (tertiary/aromatic N) is 3. The number of nitrogens with one attached hydrogen (secondary N) is 1. The highest BCUT2D eigenvalue weighted by atomic mass is 32.2. The number of sulfonamides is 1. The SMILES string of the molecule is Cc1cc(C)c(S(=O)(=O)NCc2nccc(N3CCOCC3)n2)cc1C. The smallest absolute Gasteiger partial charge is 0.241 e. The first kappa shape index (κ1) is 18.8. The fraction of sp³-hybridized carbons (Fsp3) is 0.444. The van der Waals surface area contributed by atoms with Crippen molar-refractivity contribution in [2.24, 2.45) is 0 Å². The first-order valence-corrected chi connectivity index (χ1v) is 10.1. The molecular weight excluding hydrogens is 352 g/mol. The molecule has 2 heterocycles. The minimum atomic E-state index is -3.63. The molecule has 1 N–H and O–H groups in total. The maximum atomic E-state index is 12.7. The van der Waals surface area contributed by atoms with E-state index >= 15 is 0 Å². The Balaban J connectivity index is 1.75.